The maximum Gasteiger partial charge on any atom is 0.139 e. The Labute approximate surface area is 99.6 Å². The summed E-state index contributed by atoms with van der Waals surface area (Å²) in [6, 6.07) is 4.11. The van der Waals surface area contributed by atoms with E-state index in [2.05, 4.69) is 19.2 Å². The van der Waals surface area contributed by atoms with E-state index in [1.54, 1.807) is 0 Å². The van der Waals surface area contributed by atoms with Crippen molar-refractivity contribution >= 4 is 11.8 Å². The van der Waals surface area contributed by atoms with Gasteiger partial charge in [0.1, 0.15) is 11.6 Å². The van der Waals surface area contributed by atoms with Crippen molar-refractivity contribution in [3.05, 3.63) is 29.8 Å². The third-order valence-corrected chi connectivity index (χ3v) is 3.19. The Balaban J connectivity index is 2.52. The lowest BCUT2D eigenvalue weighted by Crippen LogP contribution is -2.29. The minimum absolute atomic E-state index is 0.252. The van der Waals surface area contributed by atoms with Crippen molar-refractivity contribution in [1.29, 1.82) is 0 Å². The molecule has 1 nitrogen and oxygen atoms in total. The van der Waals surface area contributed by atoms with Gasteiger partial charge in [0.25, 0.3) is 0 Å². The molecule has 0 radical (unpaired) electrons. The van der Waals surface area contributed by atoms with E-state index in [-0.39, 0.29) is 5.25 Å². The summed E-state index contributed by atoms with van der Waals surface area (Å²) in [5, 5.41) is 3.53. The maximum atomic E-state index is 13.3. The van der Waals surface area contributed by atoms with Crippen LogP contribution in [0.15, 0.2) is 23.1 Å². The molecule has 0 amide bonds. The van der Waals surface area contributed by atoms with E-state index in [0.29, 0.717) is 10.9 Å². The first kappa shape index (κ1) is 13.5. The molecule has 0 spiro atoms. The molecule has 1 aromatic rings. The molecule has 0 aliphatic rings. The average molecular weight is 245 g/mol. The van der Waals surface area contributed by atoms with Gasteiger partial charge in [-0.1, -0.05) is 20.8 Å². The van der Waals surface area contributed by atoms with Gasteiger partial charge in [-0.25, -0.2) is 8.78 Å². The molecule has 0 aliphatic carbocycles. The average Bonchev–Trinajstić information content (AvgIpc) is 2.19. The molecule has 1 rings (SSSR count). The summed E-state index contributed by atoms with van der Waals surface area (Å²) in [6.45, 7) is 6.95. The highest BCUT2D eigenvalue weighted by Crippen LogP contribution is 2.26. The van der Waals surface area contributed by atoms with Gasteiger partial charge in [0.2, 0.25) is 0 Å². The monoisotopic (exact) mass is 245 g/mol. The standard InChI is InChI=1S/C12H17F2NS/c1-8(2)15-7-9(3)16-12-5-4-10(13)6-11(12)14/h4-6,8-9,15H,7H2,1-3H3. The van der Waals surface area contributed by atoms with Crippen molar-refractivity contribution in [1.82, 2.24) is 5.32 Å². The van der Waals surface area contributed by atoms with Crippen LogP contribution in [-0.4, -0.2) is 17.8 Å². The van der Waals surface area contributed by atoms with Crippen molar-refractivity contribution in [2.24, 2.45) is 0 Å². The van der Waals surface area contributed by atoms with Crippen molar-refractivity contribution in [3.8, 4) is 0 Å². The van der Waals surface area contributed by atoms with E-state index in [4.69, 9.17) is 0 Å². The Morgan fingerprint density at radius 3 is 2.50 bits per heavy atom. The number of thioether (sulfide) groups is 1. The fourth-order valence-electron chi connectivity index (χ4n) is 1.23. The van der Waals surface area contributed by atoms with Crippen LogP contribution in [0.4, 0.5) is 8.78 Å². The zero-order valence-corrected chi connectivity index (χ0v) is 10.6. The second-order valence-corrected chi connectivity index (χ2v) is 5.55. The zero-order valence-electron chi connectivity index (χ0n) is 9.76. The normalized spacial score (nSPS) is 13.1. The van der Waals surface area contributed by atoms with Crippen LogP contribution in [0.1, 0.15) is 20.8 Å². The van der Waals surface area contributed by atoms with Crippen molar-refractivity contribution < 1.29 is 8.78 Å². The second kappa shape index (κ2) is 6.21. The summed E-state index contributed by atoms with van der Waals surface area (Å²) in [7, 11) is 0. The molecule has 0 bridgehead atoms. The predicted octanol–water partition coefficient (Wildman–Crippen LogP) is 3.44. The Morgan fingerprint density at radius 1 is 1.25 bits per heavy atom. The molecule has 1 unspecified atom stereocenters. The summed E-state index contributed by atoms with van der Waals surface area (Å²) in [5.74, 6) is -1.02. The first-order valence-corrected chi connectivity index (χ1v) is 6.22. The molecule has 1 atom stereocenters. The molecule has 16 heavy (non-hydrogen) atoms. The molecule has 1 N–H and O–H groups in total. The van der Waals surface area contributed by atoms with Gasteiger partial charge in [-0.05, 0) is 12.1 Å². The van der Waals surface area contributed by atoms with Crippen LogP contribution in [0.3, 0.4) is 0 Å². The van der Waals surface area contributed by atoms with Gasteiger partial charge in [0.15, 0.2) is 0 Å². The SMILES string of the molecule is CC(C)NCC(C)Sc1ccc(F)cc1F. The minimum Gasteiger partial charge on any atom is -0.313 e. The van der Waals surface area contributed by atoms with E-state index < -0.39 is 11.6 Å². The van der Waals surface area contributed by atoms with Crippen LogP contribution >= 0.6 is 11.8 Å². The number of halogens is 2. The minimum atomic E-state index is -0.533. The lowest BCUT2D eigenvalue weighted by atomic mass is 10.3. The van der Waals surface area contributed by atoms with E-state index in [1.807, 2.05) is 6.92 Å². The largest absolute Gasteiger partial charge is 0.313 e. The van der Waals surface area contributed by atoms with E-state index in [0.717, 1.165) is 12.6 Å². The maximum absolute atomic E-state index is 13.3. The Morgan fingerprint density at radius 2 is 1.94 bits per heavy atom. The number of hydrogen-bond acceptors (Lipinski definition) is 2. The van der Waals surface area contributed by atoms with Crippen molar-refractivity contribution in [2.45, 2.75) is 37.0 Å². The van der Waals surface area contributed by atoms with E-state index in [9.17, 15) is 8.78 Å². The summed E-state index contributed by atoms with van der Waals surface area (Å²) in [4.78, 5) is 0.499. The Bertz CT molecular complexity index is 342. The van der Waals surface area contributed by atoms with Crippen LogP contribution in [0.2, 0.25) is 0 Å². The van der Waals surface area contributed by atoms with Gasteiger partial charge in [-0.3, -0.25) is 0 Å². The zero-order chi connectivity index (χ0) is 12.1. The molecular formula is C12H17F2NS. The molecule has 90 valence electrons. The molecule has 0 aromatic heterocycles. The Kier molecular flexibility index (Phi) is 5.22. The highest BCUT2D eigenvalue weighted by Gasteiger charge is 2.09. The number of benzene rings is 1. The van der Waals surface area contributed by atoms with Crippen LogP contribution in [0, 0.1) is 11.6 Å². The summed E-state index contributed by atoms with van der Waals surface area (Å²) >= 11 is 1.42. The van der Waals surface area contributed by atoms with Crippen LogP contribution in [0.25, 0.3) is 0 Å². The van der Waals surface area contributed by atoms with Crippen LogP contribution < -0.4 is 5.32 Å². The lowest BCUT2D eigenvalue weighted by Gasteiger charge is -2.14. The quantitative estimate of drug-likeness (QED) is 0.797. The van der Waals surface area contributed by atoms with Crippen molar-refractivity contribution in [2.75, 3.05) is 6.54 Å². The van der Waals surface area contributed by atoms with Gasteiger partial charge in [-0.2, -0.15) is 0 Å². The van der Waals surface area contributed by atoms with Crippen LogP contribution in [0.5, 0.6) is 0 Å². The van der Waals surface area contributed by atoms with Crippen LogP contribution in [-0.2, 0) is 0 Å². The fraction of sp³-hybridized carbons (Fsp3) is 0.500. The van der Waals surface area contributed by atoms with Gasteiger partial charge < -0.3 is 5.32 Å². The molecule has 0 fully saturated rings. The molecule has 0 saturated heterocycles. The van der Waals surface area contributed by atoms with Crippen molar-refractivity contribution in [3.63, 3.8) is 0 Å². The fourth-order valence-corrected chi connectivity index (χ4v) is 2.16. The number of nitrogens with one attached hydrogen (secondary N) is 1. The molecular weight excluding hydrogens is 228 g/mol. The molecule has 0 aliphatic heterocycles. The topological polar surface area (TPSA) is 12.0 Å². The first-order valence-electron chi connectivity index (χ1n) is 5.34. The molecule has 0 heterocycles. The lowest BCUT2D eigenvalue weighted by molar-refractivity contribution is 0.564. The summed E-state index contributed by atoms with van der Waals surface area (Å²) < 4.78 is 26.0. The van der Waals surface area contributed by atoms with E-state index >= 15 is 0 Å². The smallest absolute Gasteiger partial charge is 0.139 e. The predicted molar refractivity (Wildman–Crippen MR) is 64.8 cm³/mol. The molecule has 0 saturated carbocycles. The number of hydrogen-bond donors (Lipinski definition) is 1. The molecule has 4 heteroatoms. The highest BCUT2D eigenvalue weighted by atomic mass is 32.2. The highest BCUT2D eigenvalue weighted by molar-refractivity contribution is 8.00. The number of rotatable bonds is 5. The van der Waals surface area contributed by atoms with Gasteiger partial charge in [-0.15, -0.1) is 11.8 Å². The first-order chi connectivity index (χ1) is 7.49. The van der Waals surface area contributed by atoms with E-state index in [1.165, 1.54) is 23.9 Å². The van der Waals surface area contributed by atoms with Gasteiger partial charge in [0, 0.05) is 28.8 Å². The van der Waals surface area contributed by atoms with Gasteiger partial charge >= 0.3 is 0 Å². The summed E-state index contributed by atoms with van der Waals surface area (Å²) in [6.07, 6.45) is 0. The third-order valence-electron chi connectivity index (χ3n) is 2.04. The third kappa shape index (κ3) is 4.49. The van der Waals surface area contributed by atoms with Gasteiger partial charge in [0.05, 0.1) is 0 Å². The molecule has 1 aromatic carbocycles. The Hall–Kier alpha value is -0.610. The second-order valence-electron chi connectivity index (χ2n) is 4.07. The summed E-state index contributed by atoms with van der Waals surface area (Å²) in [5.41, 5.74) is 0.